The standard InChI is InChI=1S/C19H23N3O2.3ClH/c1-2-5-16(6-3-1)18-15-22(10-9-21-11-13-23-14-12-21)19-17(24-18)7-4-8-20-19;;;/h1-8,18H,9-15H2;3*1H. The number of pyridine rings is 1. The molecule has 2 aliphatic rings. The monoisotopic (exact) mass is 433 g/mol. The van der Waals surface area contributed by atoms with Crippen molar-refractivity contribution < 1.29 is 9.47 Å². The largest absolute Gasteiger partial charge is 0.480 e. The SMILES string of the molecule is Cl.Cl.Cl.c1ccc(C2CN(CCN3CCOCC3)c3ncccc3O2)cc1. The van der Waals surface area contributed by atoms with Gasteiger partial charge in [0.2, 0.25) is 0 Å². The molecule has 1 unspecified atom stereocenters. The van der Waals surface area contributed by atoms with Crippen molar-refractivity contribution in [1.82, 2.24) is 9.88 Å². The molecule has 1 atom stereocenters. The van der Waals surface area contributed by atoms with Crippen LogP contribution in [0.25, 0.3) is 0 Å². The van der Waals surface area contributed by atoms with Crippen molar-refractivity contribution in [3.63, 3.8) is 0 Å². The third kappa shape index (κ3) is 5.87. The number of hydrogen-bond acceptors (Lipinski definition) is 5. The summed E-state index contributed by atoms with van der Waals surface area (Å²) < 4.78 is 11.6. The molecule has 3 heterocycles. The maximum Gasteiger partial charge on any atom is 0.171 e. The minimum atomic E-state index is 0. The molecule has 0 N–H and O–H groups in total. The van der Waals surface area contributed by atoms with Gasteiger partial charge in [-0.2, -0.15) is 0 Å². The first-order valence-electron chi connectivity index (χ1n) is 8.62. The van der Waals surface area contributed by atoms with Crippen LogP contribution in [0.5, 0.6) is 5.75 Å². The molecule has 0 spiro atoms. The molecule has 27 heavy (non-hydrogen) atoms. The van der Waals surface area contributed by atoms with E-state index in [0.29, 0.717) is 0 Å². The Labute approximate surface area is 179 Å². The Hall–Kier alpha value is -1.24. The van der Waals surface area contributed by atoms with Crippen LogP contribution in [-0.2, 0) is 4.74 Å². The van der Waals surface area contributed by atoms with Gasteiger partial charge in [-0.15, -0.1) is 37.2 Å². The molecule has 1 aromatic carbocycles. The van der Waals surface area contributed by atoms with Gasteiger partial charge >= 0.3 is 0 Å². The quantitative estimate of drug-likeness (QED) is 0.735. The fourth-order valence-corrected chi connectivity index (χ4v) is 3.31. The summed E-state index contributed by atoms with van der Waals surface area (Å²) in [6, 6.07) is 14.4. The number of halogens is 3. The Morgan fingerprint density at radius 1 is 0.926 bits per heavy atom. The lowest BCUT2D eigenvalue weighted by atomic mass is 10.1. The number of morpholine rings is 1. The van der Waals surface area contributed by atoms with Gasteiger partial charge in [0.05, 0.1) is 19.8 Å². The van der Waals surface area contributed by atoms with Gasteiger partial charge in [-0.25, -0.2) is 4.98 Å². The van der Waals surface area contributed by atoms with Crippen molar-refractivity contribution in [3.05, 3.63) is 54.2 Å². The van der Waals surface area contributed by atoms with Gasteiger partial charge < -0.3 is 14.4 Å². The highest BCUT2D eigenvalue weighted by Gasteiger charge is 2.28. The average molecular weight is 435 g/mol. The van der Waals surface area contributed by atoms with E-state index in [9.17, 15) is 0 Å². The molecule has 0 aliphatic carbocycles. The van der Waals surface area contributed by atoms with Gasteiger partial charge in [0, 0.05) is 32.4 Å². The predicted molar refractivity (Wildman–Crippen MR) is 115 cm³/mol. The molecule has 0 amide bonds. The number of nitrogens with zero attached hydrogens (tertiary/aromatic N) is 3. The molecular formula is C19H26Cl3N3O2. The molecule has 2 aliphatic heterocycles. The number of aromatic nitrogens is 1. The number of rotatable bonds is 4. The van der Waals surface area contributed by atoms with Gasteiger partial charge in [0.1, 0.15) is 6.10 Å². The van der Waals surface area contributed by atoms with Crippen LogP contribution in [0.1, 0.15) is 11.7 Å². The fraction of sp³-hybridized carbons (Fsp3) is 0.421. The molecule has 0 radical (unpaired) electrons. The van der Waals surface area contributed by atoms with Crippen molar-refractivity contribution in [2.45, 2.75) is 6.10 Å². The molecule has 1 aromatic heterocycles. The van der Waals surface area contributed by atoms with E-state index in [1.807, 2.05) is 24.4 Å². The van der Waals surface area contributed by atoms with Crippen LogP contribution < -0.4 is 9.64 Å². The minimum absolute atomic E-state index is 0. The van der Waals surface area contributed by atoms with Gasteiger partial charge in [-0.05, 0) is 17.7 Å². The second-order valence-corrected chi connectivity index (χ2v) is 6.24. The van der Waals surface area contributed by atoms with Crippen LogP contribution in [0, 0.1) is 0 Å². The summed E-state index contributed by atoms with van der Waals surface area (Å²) in [5.74, 6) is 1.83. The lowest BCUT2D eigenvalue weighted by Gasteiger charge is -2.37. The summed E-state index contributed by atoms with van der Waals surface area (Å²) in [6.45, 7) is 6.52. The van der Waals surface area contributed by atoms with Crippen LogP contribution in [0.3, 0.4) is 0 Å². The maximum atomic E-state index is 6.20. The van der Waals surface area contributed by atoms with E-state index in [0.717, 1.165) is 57.5 Å². The zero-order valence-corrected chi connectivity index (χ0v) is 17.5. The highest BCUT2D eigenvalue weighted by atomic mass is 35.5. The van der Waals surface area contributed by atoms with E-state index in [-0.39, 0.29) is 43.3 Å². The summed E-state index contributed by atoms with van der Waals surface area (Å²) in [6.07, 6.45) is 1.89. The minimum Gasteiger partial charge on any atom is -0.480 e. The van der Waals surface area contributed by atoms with Crippen molar-refractivity contribution in [1.29, 1.82) is 0 Å². The Morgan fingerprint density at radius 2 is 1.67 bits per heavy atom. The average Bonchev–Trinajstić information content (AvgIpc) is 2.67. The van der Waals surface area contributed by atoms with Gasteiger partial charge in [0.15, 0.2) is 11.6 Å². The van der Waals surface area contributed by atoms with Crippen LogP contribution in [0.2, 0.25) is 0 Å². The fourth-order valence-electron chi connectivity index (χ4n) is 3.31. The number of hydrogen-bond donors (Lipinski definition) is 0. The lowest BCUT2D eigenvalue weighted by Crippen LogP contribution is -2.44. The smallest absolute Gasteiger partial charge is 0.171 e. The normalized spacial score (nSPS) is 18.8. The molecule has 150 valence electrons. The van der Waals surface area contributed by atoms with Crippen LogP contribution in [-0.4, -0.2) is 55.8 Å². The first-order valence-corrected chi connectivity index (χ1v) is 8.62. The van der Waals surface area contributed by atoms with Crippen LogP contribution >= 0.6 is 37.2 Å². The van der Waals surface area contributed by atoms with Crippen LogP contribution in [0.4, 0.5) is 5.82 Å². The summed E-state index contributed by atoms with van der Waals surface area (Å²) in [4.78, 5) is 9.36. The highest BCUT2D eigenvalue weighted by Crippen LogP contribution is 2.35. The molecule has 0 bridgehead atoms. The van der Waals surface area contributed by atoms with E-state index in [4.69, 9.17) is 9.47 Å². The molecule has 2 aromatic rings. The van der Waals surface area contributed by atoms with E-state index in [2.05, 4.69) is 39.0 Å². The van der Waals surface area contributed by atoms with Gasteiger partial charge in [-0.3, -0.25) is 4.90 Å². The third-order valence-electron chi connectivity index (χ3n) is 4.67. The number of benzene rings is 1. The Kier molecular flexibility index (Phi) is 10.2. The van der Waals surface area contributed by atoms with Crippen molar-refractivity contribution in [2.75, 3.05) is 50.8 Å². The van der Waals surface area contributed by atoms with E-state index in [1.165, 1.54) is 5.56 Å². The molecule has 1 saturated heterocycles. The van der Waals surface area contributed by atoms with Gasteiger partial charge in [-0.1, -0.05) is 30.3 Å². The molecule has 5 nitrogen and oxygen atoms in total. The zero-order valence-electron chi connectivity index (χ0n) is 15.0. The topological polar surface area (TPSA) is 37.8 Å². The third-order valence-corrected chi connectivity index (χ3v) is 4.67. The van der Waals surface area contributed by atoms with Crippen LogP contribution in [0.15, 0.2) is 48.7 Å². The zero-order chi connectivity index (χ0) is 16.2. The highest BCUT2D eigenvalue weighted by molar-refractivity contribution is 5.86. The van der Waals surface area contributed by atoms with Crippen molar-refractivity contribution in [3.8, 4) is 5.75 Å². The van der Waals surface area contributed by atoms with Gasteiger partial charge in [0.25, 0.3) is 0 Å². The second-order valence-electron chi connectivity index (χ2n) is 6.24. The molecule has 1 fully saturated rings. The second kappa shape index (κ2) is 11.6. The molecular weight excluding hydrogens is 409 g/mol. The summed E-state index contributed by atoms with van der Waals surface area (Å²) in [5, 5.41) is 0. The molecule has 4 rings (SSSR count). The van der Waals surface area contributed by atoms with E-state index < -0.39 is 0 Å². The number of anilines is 1. The Morgan fingerprint density at radius 3 is 2.41 bits per heavy atom. The first kappa shape index (κ1) is 23.8. The lowest BCUT2D eigenvalue weighted by molar-refractivity contribution is 0.0388. The Balaban J connectivity index is 0.00000121. The number of ether oxygens (including phenoxy) is 2. The summed E-state index contributed by atoms with van der Waals surface area (Å²) in [5.41, 5.74) is 1.21. The first-order chi connectivity index (χ1) is 11.9. The summed E-state index contributed by atoms with van der Waals surface area (Å²) >= 11 is 0. The predicted octanol–water partition coefficient (Wildman–Crippen LogP) is 3.62. The van der Waals surface area contributed by atoms with E-state index in [1.54, 1.807) is 0 Å². The summed E-state index contributed by atoms with van der Waals surface area (Å²) in [7, 11) is 0. The Bertz CT molecular complexity index is 672. The molecule has 0 saturated carbocycles. The maximum absolute atomic E-state index is 6.20. The molecule has 8 heteroatoms. The van der Waals surface area contributed by atoms with Crippen molar-refractivity contribution >= 4 is 43.0 Å². The van der Waals surface area contributed by atoms with E-state index >= 15 is 0 Å². The number of fused-ring (bicyclic) bond motifs is 1. The van der Waals surface area contributed by atoms with Crippen molar-refractivity contribution in [2.24, 2.45) is 0 Å².